The fraction of sp³-hybridized carbons (Fsp3) is 0. The van der Waals surface area contributed by atoms with Crippen molar-refractivity contribution >= 4 is 23.4 Å². The smallest absolute Gasteiger partial charge is 0.354 e. The number of anilines is 1. The van der Waals surface area contributed by atoms with Crippen LogP contribution < -0.4 is 5.73 Å². The molecule has 0 spiro atoms. The number of carbonyl (C=O) groups is 1. The number of carboxylic acids is 1. The molecule has 4 N–H and O–H groups in total. The first-order chi connectivity index (χ1) is 7.66. The summed E-state index contributed by atoms with van der Waals surface area (Å²) in [6, 6.07) is 2.84. The summed E-state index contributed by atoms with van der Waals surface area (Å²) in [7, 11) is 0. The SMILES string of the molecule is Nc1ccc(C(=O)O)nc1Sc1ncn[nH]1. The molecular formula is C8H7N5O2S. The van der Waals surface area contributed by atoms with Crippen molar-refractivity contribution in [3.8, 4) is 0 Å². The number of nitrogens with two attached hydrogens (primary N) is 1. The van der Waals surface area contributed by atoms with Crippen molar-refractivity contribution in [2.24, 2.45) is 0 Å². The van der Waals surface area contributed by atoms with E-state index >= 15 is 0 Å². The van der Waals surface area contributed by atoms with Crippen LogP contribution in [0.2, 0.25) is 0 Å². The van der Waals surface area contributed by atoms with Crippen molar-refractivity contribution in [1.82, 2.24) is 20.2 Å². The molecule has 8 heteroatoms. The maximum absolute atomic E-state index is 10.7. The summed E-state index contributed by atoms with van der Waals surface area (Å²) in [5.74, 6) is -1.10. The summed E-state index contributed by atoms with van der Waals surface area (Å²) in [5.41, 5.74) is 6.00. The zero-order valence-electron chi connectivity index (χ0n) is 7.91. The van der Waals surface area contributed by atoms with Gasteiger partial charge in [0.25, 0.3) is 0 Å². The highest BCUT2D eigenvalue weighted by Gasteiger charge is 2.10. The number of aromatic amines is 1. The van der Waals surface area contributed by atoms with Crippen LogP contribution in [0.5, 0.6) is 0 Å². The van der Waals surface area contributed by atoms with E-state index in [1.807, 2.05) is 0 Å². The first-order valence-corrected chi connectivity index (χ1v) is 5.01. The molecule has 0 aromatic carbocycles. The minimum atomic E-state index is -1.10. The van der Waals surface area contributed by atoms with Gasteiger partial charge >= 0.3 is 5.97 Å². The Bertz CT molecular complexity index is 513. The Balaban J connectivity index is 2.32. The van der Waals surface area contributed by atoms with E-state index in [1.54, 1.807) is 0 Å². The first kappa shape index (κ1) is 10.4. The Labute approximate surface area is 94.1 Å². The standard InChI is InChI=1S/C8H7N5O2S/c9-4-1-2-5(7(14)15)12-6(4)16-8-10-3-11-13-8/h1-3H,9H2,(H,14,15)(H,10,11,13). The molecule has 16 heavy (non-hydrogen) atoms. The molecule has 0 saturated carbocycles. The number of pyridine rings is 1. The number of H-pyrrole nitrogens is 1. The molecule has 0 atom stereocenters. The van der Waals surface area contributed by atoms with E-state index in [-0.39, 0.29) is 5.69 Å². The van der Waals surface area contributed by atoms with Gasteiger partial charge in [-0.15, -0.1) is 0 Å². The van der Waals surface area contributed by atoms with E-state index in [9.17, 15) is 4.79 Å². The Morgan fingerprint density at radius 3 is 2.94 bits per heavy atom. The molecule has 82 valence electrons. The Morgan fingerprint density at radius 2 is 2.31 bits per heavy atom. The summed E-state index contributed by atoms with van der Waals surface area (Å²) in [6.07, 6.45) is 1.35. The highest BCUT2D eigenvalue weighted by molar-refractivity contribution is 7.99. The van der Waals surface area contributed by atoms with Gasteiger partial charge < -0.3 is 10.8 Å². The molecule has 0 amide bonds. The highest BCUT2D eigenvalue weighted by atomic mass is 32.2. The second-order valence-corrected chi connectivity index (χ2v) is 3.77. The maximum Gasteiger partial charge on any atom is 0.354 e. The predicted octanol–water partition coefficient (Wildman–Crippen LogP) is 0.631. The fourth-order valence-electron chi connectivity index (χ4n) is 0.987. The fourth-order valence-corrected chi connectivity index (χ4v) is 1.70. The lowest BCUT2D eigenvalue weighted by atomic mass is 10.3. The number of hydrogen-bond donors (Lipinski definition) is 3. The number of hydrogen-bond acceptors (Lipinski definition) is 6. The van der Waals surface area contributed by atoms with Crippen molar-refractivity contribution in [2.45, 2.75) is 10.2 Å². The zero-order chi connectivity index (χ0) is 11.5. The lowest BCUT2D eigenvalue weighted by Crippen LogP contribution is -2.02. The quantitative estimate of drug-likeness (QED) is 0.716. The van der Waals surface area contributed by atoms with Crippen LogP contribution in [0.3, 0.4) is 0 Å². The van der Waals surface area contributed by atoms with E-state index in [2.05, 4.69) is 20.2 Å². The van der Waals surface area contributed by atoms with Crippen LogP contribution >= 0.6 is 11.8 Å². The number of carboxylic acid groups (broad SMARTS) is 1. The molecule has 2 heterocycles. The number of nitrogens with one attached hydrogen (secondary N) is 1. The third-order valence-electron chi connectivity index (χ3n) is 1.70. The lowest BCUT2D eigenvalue weighted by molar-refractivity contribution is 0.0690. The lowest BCUT2D eigenvalue weighted by Gasteiger charge is -2.02. The second kappa shape index (κ2) is 4.19. The van der Waals surface area contributed by atoms with Crippen LogP contribution in [0.4, 0.5) is 5.69 Å². The number of aromatic carboxylic acids is 1. The third-order valence-corrected chi connectivity index (χ3v) is 2.61. The van der Waals surface area contributed by atoms with Crippen LogP contribution in [-0.2, 0) is 0 Å². The normalized spacial score (nSPS) is 10.2. The second-order valence-electron chi connectivity index (χ2n) is 2.79. The molecule has 2 aromatic rings. The summed E-state index contributed by atoms with van der Waals surface area (Å²) >= 11 is 1.12. The molecular weight excluding hydrogens is 230 g/mol. The minimum Gasteiger partial charge on any atom is -0.477 e. The first-order valence-electron chi connectivity index (χ1n) is 4.20. The van der Waals surface area contributed by atoms with Crippen molar-refractivity contribution in [1.29, 1.82) is 0 Å². The van der Waals surface area contributed by atoms with Gasteiger partial charge in [-0.3, -0.25) is 5.10 Å². The Hall–Kier alpha value is -2.09. The summed E-state index contributed by atoms with van der Waals surface area (Å²) in [4.78, 5) is 18.5. The van der Waals surface area contributed by atoms with Gasteiger partial charge in [-0.05, 0) is 23.9 Å². The van der Waals surface area contributed by atoms with Gasteiger partial charge in [0.15, 0.2) is 5.16 Å². The number of rotatable bonds is 3. The molecule has 0 saturated heterocycles. The molecule has 0 aliphatic carbocycles. The van der Waals surface area contributed by atoms with E-state index in [0.717, 1.165) is 11.8 Å². The molecule has 2 rings (SSSR count). The van der Waals surface area contributed by atoms with E-state index in [1.165, 1.54) is 18.5 Å². The number of nitrogen functional groups attached to an aromatic ring is 1. The zero-order valence-corrected chi connectivity index (χ0v) is 8.73. The Kier molecular flexibility index (Phi) is 2.73. The number of aromatic nitrogens is 4. The van der Waals surface area contributed by atoms with Gasteiger partial charge in [-0.25, -0.2) is 14.8 Å². The highest BCUT2D eigenvalue weighted by Crippen LogP contribution is 2.27. The van der Waals surface area contributed by atoms with E-state index in [0.29, 0.717) is 15.9 Å². The van der Waals surface area contributed by atoms with Crippen LogP contribution in [-0.4, -0.2) is 31.2 Å². The van der Waals surface area contributed by atoms with Gasteiger partial charge in [-0.1, -0.05) is 0 Å². The van der Waals surface area contributed by atoms with Crippen LogP contribution in [0.1, 0.15) is 10.5 Å². The summed E-state index contributed by atoms with van der Waals surface area (Å²) < 4.78 is 0. The van der Waals surface area contributed by atoms with Gasteiger partial charge in [-0.2, -0.15) is 5.10 Å². The van der Waals surface area contributed by atoms with Gasteiger partial charge in [0, 0.05) is 0 Å². The molecule has 2 aromatic heterocycles. The van der Waals surface area contributed by atoms with Gasteiger partial charge in [0.05, 0.1) is 5.69 Å². The average molecular weight is 237 g/mol. The molecule has 0 aliphatic heterocycles. The summed E-state index contributed by atoms with van der Waals surface area (Å²) in [6.45, 7) is 0. The largest absolute Gasteiger partial charge is 0.477 e. The number of nitrogens with zero attached hydrogens (tertiary/aromatic N) is 3. The topological polar surface area (TPSA) is 118 Å². The van der Waals surface area contributed by atoms with Crippen LogP contribution in [0, 0.1) is 0 Å². The third kappa shape index (κ3) is 2.11. The maximum atomic E-state index is 10.7. The van der Waals surface area contributed by atoms with Crippen molar-refractivity contribution in [3.05, 3.63) is 24.2 Å². The molecule has 7 nitrogen and oxygen atoms in total. The Morgan fingerprint density at radius 1 is 1.50 bits per heavy atom. The molecule has 0 bridgehead atoms. The van der Waals surface area contributed by atoms with Crippen LogP contribution in [0.25, 0.3) is 0 Å². The monoisotopic (exact) mass is 237 g/mol. The van der Waals surface area contributed by atoms with Crippen molar-refractivity contribution < 1.29 is 9.90 Å². The van der Waals surface area contributed by atoms with Crippen molar-refractivity contribution in [3.63, 3.8) is 0 Å². The average Bonchev–Trinajstić information content (AvgIpc) is 2.73. The van der Waals surface area contributed by atoms with Crippen molar-refractivity contribution in [2.75, 3.05) is 5.73 Å². The van der Waals surface area contributed by atoms with Gasteiger partial charge in [0.2, 0.25) is 0 Å². The minimum absolute atomic E-state index is 0.0591. The van der Waals surface area contributed by atoms with E-state index < -0.39 is 5.97 Å². The predicted molar refractivity (Wildman–Crippen MR) is 56.1 cm³/mol. The van der Waals surface area contributed by atoms with Gasteiger partial charge in [0.1, 0.15) is 17.0 Å². The van der Waals surface area contributed by atoms with Crippen LogP contribution in [0.15, 0.2) is 28.6 Å². The molecule has 0 fully saturated rings. The summed E-state index contributed by atoms with van der Waals surface area (Å²) in [5, 5.41) is 15.9. The molecule has 0 aliphatic rings. The molecule has 0 radical (unpaired) electrons. The molecule has 0 unspecified atom stereocenters. The van der Waals surface area contributed by atoms with E-state index in [4.69, 9.17) is 10.8 Å².